The lowest BCUT2D eigenvalue weighted by Gasteiger charge is -2.22. The average Bonchev–Trinajstić information content (AvgIpc) is 2.31. The van der Waals surface area contributed by atoms with Gasteiger partial charge in [0.25, 0.3) is 0 Å². The molecule has 1 rings (SSSR count). The van der Waals surface area contributed by atoms with Gasteiger partial charge in [-0.2, -0.15) is 13.2 Å². The minimum Gasteiger partial charge on any atom is -0.493 e. The minimum atomic E-state index is -4.13. The molecule has 21 heavy (non-hydrogen) atoms. The third kappa shape index (κ3) is 8.31. The number of rotatable bonds is 6. The van der Waals surface area contributed by atoms with Gasteiger partial charge in [0, 0.05) is 28.5 Å². The highest BCUT2D eigenvalue weighted by atomic mass is 79.9. The number of ether oxygens (including phenoxy) is 1. The third-order valence-corrected chi connectivity index (χ3v) is 3.19. The molecule has 1 N–H and O–H groups in total. The molecule has 0 radical (unpaired) electrons. The van der Waals surface area contributed by atoms with E-state index >= 15 is 0 Å². The Kier molecular flexibility index (Phi) is 6.53. The molecule has 0 bridgehead atoms. The maximum Gasteiger partial charge on any atom is 0.389 e. The molecule has 0 spiro atoms. The summed E-state index contributed by atoms with van der Waals surface area (Å²) in [6.45, 7) is 6.81. The van der Waals surface area contributed by atoms with Crippen molar-refractivity contribution in [1.29, 1.82) is 0 Å². The van der Waals surface area contributed by atoms with Crippen molar-refractivity contribution in [2.75, 3.05) is 6.61 Å². The van der Waals surface area contributed by atoms with Gasteiger partial charge in [-0.05, 0) is 45.4 Å². The van der Waals surface area contributed by atoms with Gasteiger partial charge in [0.05, 0.1) is 6.61 Å². The Bertz CT molecular complexity index is 455. The van der Waals surface area contributed by atoms with Crippen LogP contribution in [-0.2, 0) is 6.54 Å². The van der Waals surface area contributed by atoms with Crippen molar-refractivity contribution in [3.63, 3.8) is 0 Å². The molecule has 0 aliphatic carbocycles. The monoisotopic (exact) mass is 367 g/mol. The van der Waals surface area contributed by atoms with Crippen LogP contribution < -0.4 is 10.1 Å². The maximum absolute atomic E-state index is 12.1. The molecule has 0 saturated carbocycles. The summed E-state index contributed by atoms with van der Waals surface area (Å²) in [7, 11) is 0. The van der Waals surface area contributed by atoms with Crippen LogP contribution in [0, 0.1) is 0 Å². The van der Waals surface area contributed by atoms with E-state index in [0.29, 0.717) is 12.3 Å². The van der Waals surface area contributed by atoms with Crippen molar-refractivity contribution < 1.29 is 17.9 Å². The molecule has 1 aromatic rings. The number of hydrogen-bond donors (Lipinski definition) is 1. The Balaban J connectivity index is 2.60. The van der Waals surface area contributed by atoms with Crippen LogP contribution >= 0.6 is 15.9 Å². The van der Waals surface area contributed by atoms with Crippen LogP contribution in [0.1, 0.15) is 39.2 Å². The van der Waals surface area contributed by atoms with Crippen LogP contribution in [0.3, 0.4) is 0 Å². The molecule has 0 heterocycles. The van der Waals surface area contributed by atoms with Gasteiger partial charge in [-0.3, -0.25) is 0 Å². The van der Waals surface area contributed by atoms with Gasteiger partial charge in [-0.15, -0.1) is 0 Å². The molecule has 1 aromatic carbocycles. The van der Waals surface area contributed by atoms with Crippen molar-refractivity contribution in [2.24, 2.45) is 0 Å². The highest BCUT2D eigenvalue weighted by Crippen LogP contribution is 2.25. The van der Waals surface area contributed by atoms with E-state index in [2.05, 4.69) is 42.0 Å². The number of alkyl halides is 3. The fourth-order valence-electron chi connectivity index (χ4n) is 1.64. The van der Waals surface area contributed by atoms with Crippen molar-refractivity contribution in [2.45, 2.75) is 51.9 Å². The van der Waals surface area contributed by atoms with E-state index in [1.807, 2.05) is 12.1 Å². The first kappa shape index (κ1) is 18.3. The fourth-order valence-corrected chi connectivity index (χ4v) is 2.05. The van der Waals surface area contributed by atoms with Gasteiger partial charge < -0.3 is 10.1 Å². The summed E-state index contributed by atoms with van der Waals surface area (Å²) in [5.41, 5.74) is 0.877. The second-order valence-electron chi connectivity index (χ2n) is 5.92. The van der Waals surface area contributed by atoms with E-state index in [9.17, 15) is 13.2 Å². The summed E-state index contributed by atoms with van der Waals surface area (Å²) in [6.07, 6.45) is -4.98. The van der Waals surface area contributed by atoms with Crippen molar-refractivity contribution in [1.82, 2.24) is 5.32 Å². The Labute approximate surface area is 132 Å². The summed E-state index contributed by atoms with van der Waals surface area (Å²) < 4.78 is 42.7. The first-order chi connectivity index (χ1) is 9.57. The molecule has 120 valence electrons. The molecule has 0 fully saturated rings. The zero-order chi connectivity index (χ0) is 16.1. The minimum absolute atomic E-state index is 0.0360. The third-order valence-electron chi connectivity index (χ3n) is 2.69. The number of halogens is 4. The fraction of sp³-hybridized carbons (Fsp3) is 0.600. The summed E-state index contributed by atoms with van der Waals surface area (Å²) >= 11 is 3.39. The van der Waals surface area contributed by atoms with E-state index in [1.165, 1.54) is 0 Å². The summed E-state index contributed by atoms with van der Waals surface area (Å²) in [5.74, 6) is 0.622. The van der Waals surface area contributed by atoms with E-state index in [1.54, 1.807) is 6.07 Å². The number of benzene rings is 1. The van der Waals surface area contributed by atoms with Crippen molar-refractivity contribution in [3.8, 4) is 5.75 Å². The summed E-state index contributed by atoms with van der Waals surface area (Å²) in [5, 5.41) is 3.34. The largest absolute Gasteiger partial charge is 0.493 e. The lowest BCUT2D eigenvalue weighted by Crippen LogP contribution is -2.35. The molecule has 0 amide bonds. The summed E-state index contributed by atoms with van der Waals surface area (Å²) in [6, 6.07) is 5.51. The van der Waals surface area contributed by atoms with Gasteiger partial charge in [0.2, 0.25) is 0 Å². The Morgan fingerprint density at radius 3 is 2.43 bits per heavy atom. The van der Waals surface area contributed by atoms with Crippen LogP contribution in [0.4, 0.5) is 13.2 Å². The normalized spacial score (nSPS) is 12.5. The van der Waals surface area contributed by atoms with Gasteiger partial charge >= 0.3 is 6.18 Å². The summed E-state index contributed by atoms with van der Waals surface area (Å²) in [4.78, 5) is 0. The van der Waals surface area contributed by atoms with Crippen LogP contribution in [-0.4, -0.2) is 18.3 Å². The second kappa shape index (κ2) is 7.49. The lowest BCUT2D eigenvalue weighted by atomic mass is 10.1. The van der Waals surface area contributed by atoms with Gasteiger partial charge in [0.15, 0.2) is 0 Å². The van der Waals surface area contributed by atoms with Gasteiger partial charge in [0.1, 0.15) is 5.75 Å². The lowest BCUT2D eigenvalue weighted by molar-refractivity contribution is -0.136. The SMILES string of the molecule is CC(C)(C)NCc1cc(Br)ccc1OCCCC(F)(F)F. The molecule has 0 aromatic heterocycles. The molecular weight excluding hydrogens is 347 g/mol. The Morgan fingerprint density at radius 1 is 1.19 bits per heavy atom. The Morgan fingerprint density at radius 2 is 1.86 bits per heavy atom. The quantitative estimate of drug-likeness (QED) is 0.709. The predicted octanol–water partition coefficient (Wildman–Crippen LogP) is 5.06. The van der Waals surface area contributed by atoms with E-state index < -0.39 is 12.6 Å². The highest BCUT2D eigenvalue weighted by molar-refractivity contribution is 9.10. The Hall–Kier alpha value is -0.750. The van der Waals surface area contributed by atoms with E-state index in [4.69, 9.17) is 4.74 Å². The van der Waals surface area contributed by atoms with Crippen LogP contribution in [0.5, 0.6) is 5.75 Å². The maximum atomic E-state index is 12.1. The van der Waals surface area contributed by atoms with Crippen molar-refractivity contribution >= 4 is 15.9 Å². The topological polar surface area (TPSA) is 21.3 Å². The number of nitrogens with one attached hydrogen (secondary N) is 1. The molecule has 0 unspecified atom stereocenters. The predicted molar refractivity (Wildman–Crippen MR) is 81.5 cm³/mol. The highest BCUT2D eigenvalue weighted by Gasteiger charge is 2.26. The first-order valence-corrected chi connectivity index (χ1v) is 7.59. The molecule has 0 saturated heterocycles. The van der Waals surface area contributed by atoms with Crippen LogP contribution in [0.25, 0.3) is 0 Å². The molecule has 6 heteroatoms. The van der Waals surface area contributed by atoms with Crippen molar-refractivity contribution in [3.05, 3.63) is 28.2 Å². The van der Waals surface area contributed by atoms with Crippen LogP contribution in [0.2, 0.25) is 0 Å². The average molecular weight is 368 g/mol. The molecule has 0 aliphatic rings. The molecular formula is C15H21BrF3NO. The van der Waals surface area contributed by atoms with Gasteiger partial charge in [-0.1, -0.05) is 15.9 Å². The van der Waals surface area contributed by atoms with E-state index in [-0.39, 0.29) is 18.6 Å². The molecule has 2 nitrogen and oxygen atoms in total. The smallest absolute Gasteiger partial charge is 0.389 e. The van der Waals surface area contributed by atoms with Crippen LogP contribution in [0.15, 0.2) is 22.7 Å². The van der Waals surface area contributed by atoms with Gasteiger partial charge in [-0.25, -0.2) is 0 Å². The number of hydrogen-bond acceptors (Lipinski definition) is 2. The zero-order valence-electron chi connectivity index (χ0n) is 12.5. The molecule has 0 aliphatic heterocycles. The van der Waals surface area contributed by atoms with E-state index in [0.717, 1.165) is 10.0 Å². The zero-order valence-corrected chi connectivity index (χ0v) is 14.1. The second-order valence-corrected chi connectivity index (χ2v) is 6.84. The molecule has 0 atom stereocenters. The standard InChI is InChI=1S/C15H21BrF3NO/c1-14(2,3)20-10-11-9-12(16)5-6-13(11)21-8-4-7-15(17,18)19/h5-6,9,20H,4,7-8,10H2,1-3H3. The first-order valence-electron chi connectivity index (χ1n) is 6.80.